The van der Waals surface area contributed by atoms with E-state index in [0.717, 1.165) is 17.7 Å². The zero-order valence-electron chi connectivity index (χ0n) is 13.6. The quantitative estimate of drug-likeness (QED) is 0.773. The molecule has 26 heavy (non-hydrogen) atoms. The van der Waals surface area contributed by atoms with Gasteiger partial charge in [-0.1, -0.05) is 23.7 Å². The number of aromatic nitrogens is 2. The number of amides is 2. The number of carbonyl (C=O) groups excluding carboxylic acids is 2. The molecule has 2 amide bonds. The average molecular weight is 376 g/mol. The predicted octanol–water partition coefficient (Wildman–Crippen LogP) is 2.39. The molecule has 0 spiro atoms. The van der Waals surface area contributed by atoms with Crippen LogP contribution in [0.5, 0.6) is 0 Å². The number of anilines is 1. The Morgan fingerprint density at radius 1 is 1.19 bits per heavy atom. The normalized spacial score (nSPS) is 29.7. The molecule has 0 unspecified atom stereocenters. The van der Waals surface area contributed by atoms with Crippen molar-refractivity contribution in [2.24, 2.45) is 11.8 Å². The molecule has 0 N–H and O–H groups in total. The van der Waals surface area contributed by atoms with Gasteiger partial charge < -0.3 is 4.74 Å². The Balaban J connectivity index is 1.45. The topological polar surface area (TPSA) is 64.4 Å². The van der Waals surface area contributed by atoms with Gasteiger partial charge in [0.25, 0.3) is 0 Å². The highest BCUT2D eigenvalue weighted by Gasteiger charge is 2.63. The molecular weight excluding hydrogens is 361 g/mol. The van der Waals surface area contributed by atoms with E-state index < -0.39 is 11.8 Å². The number of rotatable bonds is 3. The van der Waals surface area contributed by atoms with Gasteiger partial charge in [-0.3, -0.25) is 14.3 Å². The molecule has 1 aromatic carbocycles. The summed E-state index contributed by atoms with van der Waals surface area (Å²) in [5, 5.41) is 4.54. The van der Waals surface area contributed by atoms with Crippen molar-refractivity contribution in [3.63, 3.8) is 0 Å². The number of fused-ring (bicyclic) bond motifs is 5. The summed E-state index contributed by atoms with van der Waals surface area (Å²) in [6, 6.07) is 6.15. The molecule has 6 nitrogen and oxygen atoms in total. The summed E-state index contributed by atoms with van der Waals surface area (Å²) < 4.78 is 20.6. The van der Waals surface area contributed by atoms with E-state index in [-0.39, 0.29) is 47.2 Å². The average Bonchev–Trinajstić information content (AvgIpc) is 3.33. The van der Waals surface area contributed by atoms with Crippen molar-refractivity contribution in [3.8, 4) is 0 Å². The Labute approximate surface area is 153 Å². The predicted molar refractivity (Wildman–Crippen MR) is 90.1 cm³/mol. The van der Waals surface area contributed by atoms with E-state index in [1.54, 1.807) is 18.3 Å². The number of ether oxygens (including phenoxy) is 1. The van der Waals surface area contributed by atoms with Crippen LogP contribution < -0.4 is 4.90 Å². The second-order valence-corrected chi connectivity index (χ2v) is 7.39. The van der Waals surface area contributed by atoms with Crippen LogP contribution >= 0.6 is 11.6 Å². The Bertz CT molecular complexity index is 902. The van der Waals surface area contributed by atoms with Crippen molar-refractivity contribution in [2.45, 2.75) is 31.6 Å². The lowest BCUT2D eigenvalue weighted by Crippen LogP contribution is -2.34. The standard InChI is InChI=1S/C18H15ClFN3O3/c19-11-8-22(7-9-2-1-3-10(20)6-9)21-16(11)23-17(24)14-12-4-5-13(26-12)15(14)18(23)25/h1-3,6,8,12-15H,4-5,7H2/t12-,13-,14-,15-/m1/s1. The Kier molecular flexibility index (Phi) is 3.45. The van der Waals surface area contributed by atoms with E-state index in [0.29, 0.717) is 5.56 Å². The maximum Gasteiger partial charge on any atom is 0.241 e. The van der Waals surface area contributed by atoms with Crippen LogP contribution in [-0.4, -0.2) is 33.8 Å². The third kappa shape index (κ3) is 2.23. The fraction of sp³-hybridized carbons (Fsp3) is 0.389. The first kappa shape index (κ1) is 16.0. The van der Waals surface area contributed by atoms with Gasteiger partial charge in [0.1, 0.15) is 10.8 Å². The largest absolute Gasteiger partial charge is 0.373 e. The summed E-state index contributed by atoms with van der Waals surface area (Å²) in [7, 11) is 0. The highest BCUT2D eigenvalue weighted by Crippen LogP contribution is 2.49. The summed E-state index contributed by atoms with van der Waals surface area (Å²) in [5.41, 5.74) is 0.707. The molecule has 0 saturated carbocycles. The van der Waals surface area contributed by atoms with Crippen LogP contribution in [0.4, 0.5) is 10.2 Å². The van der Waals surface area contributed by atoms with Crippen LogP contribution in [-0.2, 0) is 20.9 Å². The second-order valence-electron chi connectivity index (χ2n) is 6.98. The molecule has 2 aromatic rings. The highest BCUT2D eigenvalue weighted by atomic mass is 35.5. The molecule has 4 heterocycles. The number of hydrogen-bond acceptors (Lipinski definition) is 4. The first-order chi connectivity index (χ1) is 12.5. The number of imide groups is 1. The first-order valence-corrected chi connectivity index (χ1v) is 8.91. The van der Waals surface area contributed by atoms with Gasteiger partial charge in [-0.25, -0.2) is 9.29 Å². The van der Waals surface area contributed by atoms with Crippen LogP contribution in [0.2, 0.25) is 5.02 Å². The van der Waals surface area contributed by atoms with E-state index in [1.807, 2.05) is 0 Å². The van der Waals surface area contributed by atoms with Crippen molar-refractivity contribution >= 4 is 29.2 Å². The molecular formula is C18H15ClFN3O3. The second kappa shape index (κ2) is 5.62. The molecule has 4 atom stereocenters. The molecule has 3 fully saturated rings. The van der Waals surface area contributed by atoms with Crippen molar-refractivity contribution in [2.75, 3.05) is 4.90 Å². The molecule has 3 aliphatic rings. The van der Waals surface area contributed by atoms with Crippen LogP contribution in [0.1, 0.15) is 18.4 Å². The molecule has 3 aliphatic heterocycles. The smallest absolute Gasteiger partial charge is 0.241 e. The van der Waals surface area contributed by atoms with Gasteiger partial charge in [-0.2, -0.15) is 5.10 Å². The fourth-order valence-electron chi connectivity index (χ4n) is 4.36. The zero-order chi connectivity index (χ0) is 18.0. The van der Waals surface area contributed by atoms with E-state index in [1.165, 1.54) is 16.8 Å². The minimum absolute atomic E-state index is 0.145. The third-order valence-corrected chi connectivity index (χ3v) is 5.70. The van der Waals surface area contributed by atoms with Crippen molar-refractivity contribution in [3.05, 3.63) is 46.9 Å². The van der Waals surface area contributed by atoms with Crippen LogP contribution in [0.25, 0.3) is 0 Å². The van der Waals surface area contributed by atoms with Crippen molar-refractivity contribution < 1.29 is 18.7 Å². The monoisotopic (exact) mass is 375 g/mol. The minimum Gasteiger partial charge on any atom is -0.373 e. The molecule has 1 aromatic heterocycles. The van der Waals surface area contributed by atoms with Crippen LogP contribution in [0.15, 0.2) is 30.5 Å². The van der Waals surface area contributed by atoms with E-state index in [2.05, 4.69) is 5.10 Å². The Morgan fingerprint density at radius 3 is 2.54 bits per heavy atom. The van der Waals surface area contributed by atoms with E-state index in [4.69, 9.17) is 16.3 Å². The van der Waals surface area contributed by atoms with Crippen molar-refractivity contribution in [1.82, 2.24) is 9.78 Å². The minimum atomic E-state index is -0.425. The molecule has 8 heteroatoms. The summed E-state index contributed by atoms with van der Waals surface area (Å²) in [4.78, 5) is 26.7. The van der Waals surface area contributed by atoms with Gasteiger partial charge in [0.2, 0.25) is 11.8 Å². The lowest BCUT2D eigenvalue weighted by atomic mass is 9.81. The van der Waals surface area contributed by atoms with Gasteiger partial charge in [0.15, 0.2) is 5.82 Å². The van der Waals surface area contributed by atoms with Gasteiger partial charge in [0, 0.05) is 6.20 Å². The van der Waals surface area contributed by atoms with Gasteiger partial charge >= 0.3 is 0 Å². The number of nitrogens with zero attached hydrogens (tertiary/aromatic N) is 3. The van der Waals surface area contributed by atoms with Gasteiger partial charge in [-0.05, 0) is 30.5 Å². The fourth-order valence-corrected chi connectivity index (χ4v) is 4.60. The Morgan fingerprint density at radius 2 is 1.88 bits per heavy atom. The molecule has 0 radical (unpaired) electrons. The summed E-state index contributed by atoms with van der Waals surface area (Å²) in [6.07, 6.45) is 2.79. The van der Waals surface area contributed by atoms with Crippen LogP contribution in [0, 0.1) is 17.7 Å². The molecule has 5 rings (SSSR count). The molecule has 3 saturated heterocycles. The zero-order valence-corrected chi connectivity index (χ0v) is 14.4. The SMILES string of the molecule is O=C1[C@H]2[C@H](C(=O)N1c1nn(Cc3cccc(F)c3)cc1Cl)[C@H]1CC[C@H]2O1. The Hall–Kier alpha value is -2.25. The van der Waals surface area contributed by atoms with Gasteiger partial charge in [0.05, 0.1) is 30.6 Å². The molecule has 2 bridgehead atoms. The summed E-state index contributed by atoms with van der Waals surface area (Å²) in [6.45, 7) is 0.287. The number of benzene rings is 1. The van der Waals surface area contributed by atoms with E-state index in [9.17, 15) is 14.0 Å². The van der Waals surface area contributed by atoms with Gasteiger partial charge in [-0.15, -0.1) is 0 Å². The van der Waals surface area contributed by atoms with Crippen LogP contribution in [0.3, 0.4) is 0 Å². The van der Waals surface area contributed by atoms with Crippen molar-refractivity contribution in [1.29, 1.82) is 0 Å². The maximum absolute atomic E-state index is 13.3. The number of hydrogen-bond donors (Lipinski definition) is 0. The molecule has 134 valence electrons. The number of halogens is 2. The number of carbonyl (C=O) groups is 2. The first-order valence-electron chi connectivity index (χ1n) is 8.53. The highest BCUT2D eigenvalue weighted by molar-refractivity contribution is 6.35. The lowest BCUT2D eigenvalue weighted by molar-refractivity contribution is -0.124. The van der Waals surface area contributed by atoms with E-state index >= 15 is 0 Å². The molecule has 0 aliphatic carbocycles. The lowest BCUT2D eigenvalue weighted by Gasteiger charge is -2.15. The maximum atomic E-state index is 13.3. The third-order valence-electron chi connectivity index (χ3n) is 5.43. The summed E-state index contributed by atoms with van der Waals surface area (Å²) in [5.74, 6) is -1.62. The summed E-state index contributed by atoms with van der Waals surface area (Å²) >= 11 is 6.26.